The van der Waals surface area contributed by atoms with Crippen LogP contribution in [0.5, 0.6) is 0 Å². The van der Waals surface area contributed by atoms with Crippen molar-refractivity contribution in [3.63, 3.8) is 0 Å². The van der Waals surface area contributed by atoms with Crippen molar-refractivity contribution < 1.29 is 0 Å². The molecule has 0 bridgehead atoms. The zero-order valence-corrected chi connectivity index (χ0v) is 11.3. The van der Waals surface area contributed by atoms with Gasteiger partial charge in [-0.25, -0.2) is 4.98 Å². The van der Waals surface area contributed by atoms with E-state index in [0.717, 1.165) is 36.8 Å². The first-order valence-corrected chi connectivity index (χ1v) is 6.98. The van der Waals surface area contributed by atoms with Crippen LogP contribution in [0.1, 0.15) is 19.0 Å². The van der Waals surface area contributed by atoms with Crippen LogP contribution in [-0.2, 0) is 6.54 Å². The lowest BCUT2D eigenvalue weighted by Gasteiger charge is -2.15. The maximum absolute atomic E-state index is 4.58. The quantitative estimate of drug-likeness (QED) is 0.763. The minimum atomic E-state index is 0.919. The average molecular weight is 252 g/mol. The Morgan fingerprint density at radius 2 is 2.35 bits per heavy atom. The normalized spacial score (nSPS) is 11.7. The van der Waals surface area contributed by atoms with Gasteiger partial charge < -0.3 is 5.32 Å². The van der Waals surface area contributed by atoms with Crippen molar-refractivity contribution in [1.29, 1.82) is 0 Å². The van der Waals surface area contributed by atoms with E-state index in [1.807, 2.05) is 0 Å². The minimum absolute atomic E-state index is 0.919. The first-order chi connectivity index (χ1) is 8.29. The van der Waals surface area contributed by atoms with Gasteiger partial charge in [0.05, 0.1) is 5.69 Å². The molecule has 2 aromatic heterocycles. The molecule has 0 atom stereocenters. The predicted molar refractivity (Wildman–Crippen MR) is 72.6 cm³/mol. The summed E-state index contributed by atoms with van der Waals surface area (Å²) in [5, 5.41) is 5.47. The van der Waals surface area contributed by atoms with Crippen LogP contribution < -0.4 is 5.32 Å². The molecule has 2 heterocycles. The second-order valence-electron chi connectivity index (χ2n) is 4.31. The van der Waals surface area contributed by atoms with E-state index in [-0.39, 0.29) is 0 Å². The van der Waals surface area contributed by atoms with Crippen molar-refractivity contribution in [2.45, 2.75) is 19.9 Å². The molecule has 4 nitrogen and oxygen atoms in total. The summed E-state index contributed by atoms with van der Waals surface area (Å²) in [6, 6.07) is 0. The molecular formula is C12H20N4S. The van der Waals surface area contributed by atoms with Gasteiger partial charge in [0.1, 0.15) is 0 Å². The smallest absolute Gasteiger partial charge is 0.193 e. The Bertz CT molecular complexity index is 419. The topological polar surface area (TPSA) is 32.6 Å². The van der Waals surface area contributed by atoms with Crippen molar-refractivity contribution >= 4 is 16.3 Å². The predicted octanol–water partition coefficient (Wildman–Crippen LogP) is 1.83. The third-order valence-electron chi connectivity index (χ3n) is 2.67. The summed E-state index contributed by atoms with van der Waals surface area (Å²) >= 11 is 1.68. The van der Waals surface area contributed by atoms with Gasteiger partial charge in [0.2, 0.25) is 0 Å². The van der Waals surface area contributed by atoms with Crippen molar-refractivity contribution in [3.05, 3.63) is 23.5 Å². The molecule has 0 aliphatic heterocycles. The van der Waals surface area contributed by atoms with Crippen molar-refractivity contribution in [3.8, 4) is 0 Å². The molecular weight excluding hydrogens is 232 g/mol. The van der Waals surface area contributed by atoms with E-state index in [1.54, 1.807) is 11.3 Å². The van der Waals surface area contributed by atoms with Crippen LogP contribution in [0.25, 0.3) is 4.96 Å². The lowest BCUT2D eigenvalue weighted by Crippen LogP contribution is -2.29. The van der Waals surface area contributed by atoms with Crippen molar-refractivity contribution in [2.75, 3.05) is 26.7 Å². The Morgan fingerprint density at radius 3 is 3.12 bits per heavy atom. The molecule has 0 radical (unpaired) electrons. The average Bonchev–Trinajstić information content (AvgIpc) is 2.84. The van der Waals surface area contributed by atoms with E-state index in [4.69, 9.17) is 0 Å². The molecule has 1 N–H and O–H groups in total. The third-order valence-corrected chi connectivity index (χ3v) is 3.44. The molecule has 0 fully saturated rings. The zero-order chi connectivity index (χ0) is 12.1. The van der Waals surface area contributed by atoms with Gasteiger partial charge in [0.15, 0.2) is 4.96 Å². The first kappa shape index (κ1) is 12.5. The van der Waals surface area contributed by atoms with Gasteiger partial charge in [0, 0.05) is 37.4 Å². The van der Waals surface area contributed by atoms with Gasteiger partial charge >= 0.3 is 0 Å². The Hall–Kier alpha value is -0.910. The Morgan fingerprint density at radius 1 is 1.47 bits per heavy atom. The number of imidazole rings is 1. The zero-order valence-electron chi connectivity index (χ0n) is 10.5. The minimum Gasteiger partial charge on any atom is -0.315 e. The summed E-state index contributed by atoms with van der Waals surface area (Å²) in [6.45, 7) is 6.32. The van der Waals surface area contributed by atoms with Crippen LogP contribution in [-0.4, -0.2) is 41.0 Å². The molecule has 5 heteroatoms. The van der Waals surface area contributed by atoms with Crippen molar-refractivity contribution in [1.82, 2.24) is 19.6 Å². The molecule has 0 unspecified atom stereocenters. The molecule has 0 amide bonds. The highest BCUT2D eigenvalue weighted by Gasteiger charge is 2.05. The Labute approximate surface area is 106 Å². The molecule has 0 saturated heterocycles. The fourth-order valence-electron chi connectivity index (χ4n) is 1.78. The lowest BCUT2D eigenvalue weighted by molar-refractivity contribution is 0.321. The second kappa shape index (κ2) is 6.14. The van der Waals surface area contributed by atoms with Gasteiger partial charge in [-0.1, -0.05) is 6.92 Å². The van der Waals surface area contributed by atoms with Gasteiger partial charge in [-0.15, -0.1) is 11.3 Å². The molecule has 0 spiro atoms. The van der Waals surface area contributed by atoms with Crippen LogP contribution in [0.15, 0.2) is 17.8 Å². The fourth-order valence-corrected chi connectivity index (χ4v) is 2.50. The third kappa shape index (κ3) is 3.52. The highest BCUT2D eigenvalue weighted by atomic mass is 32.1. The largest absolute Gasteiger partial charge is 0.315 e. The highest BCUT2D eigenvalue weighted by Crippen LogP contribution is 2.12. The van der Waals surface area contributed by atoms with Crippen molar-refractivity contribution in [2.24, 2.45) is 0 Å². The number of likely N-dealkylation sites (N-methyl/N-ethyl adjacent to an activating group) is 1. The maximum Gasteiger partial charge on any atom is 0.193 e. The summed E-state index contributed by atoms with van der Waals surface area (Å²) in [7, 11) is 2.14. The van der Waals surface area contributed by atoms with E-state index < -0.39 is 0 Å². The van der Waals surface area contributed by atoms with Crippen LogP contribution >= 0.6 is 11.3 Å². The number of nitrogens with one attached hydrogen (secondary N) is 1. The molecule has 0 aromatic carbocycles. The van der Waals surface area contributed by atoms with Gasteiger partial charge in [-0.05, 0) is 20.0 Å². The van der Waals surface area contributed by atoms with E-state index >= 15 is 0 Å². The Kier molecular flexibility index (Phi) is 4.53. The SMILES string of the molecule is CCCNCCN(C)Cc1cn2ccsc2n1. The standard InChI is InChI=1S/C12H20N4S/c1-3-4-13-5-6-15(2)9-11-10-16-7-8-17-12(16)14-11/h7-8,10,13H,3-6,9H2,1-2H3. The number of hydrogen-bond acceptors (Lipinski definition) is 4. The van der Waals surface area contributed by atoms with Crippen LogP contribution in [0.2, 0.25) is 0 Å². The van der Waals surface area contributed by atoms with Crippen LogP contribution in [0, 0.1) is 0 Å². The van der Waals surface area contributed by atoms with Crippen LogP contribution in [0.4, 0.5) is 0 Å². The van der Waals surface area contributed by atoms with Gasteiger partial charge in [0.25, 0.3) is 0 Å². The van der Waals surface area contributed by atoms with Gasteiger partial charge in [-0.3, -0.25) is 9.30 Å². The molecule has 0 aliphatic rings. The van der Waals surface area contributed by atoms with E-state index in [1.165, 1.54) is 6.42 Å². The maximum atomic E-state index is 4.58. The lowest BCUT2D eigenvalue weighted by atomic mass is 10.4. The monoisotopic (exact) mass is 252 g/mol. The molecule has 0 saturated carbocycles. The van der Waals surface area contributed by atoms with E-state index in [9.17, 15) is 0 Å². The summed E-state index contributed by atoms with van der Waals surface area (Å²) < 4.78 is 2.09. The van der Waals surface area contributed by atoms with E-state index in [2.05, 4.69) is 51.3 Å². The number of nitrogens with zero attached hydrogens (tertiary/aromatic N) is 3. The number of hydrogen-bond donors (Lipinski definition) is 1. The number of fused-ring (bicyclic) bond motifs is 1. The molecule has 17 heavy (non-hydrogen) atoms. The van der Waals surface area contributed by atoms with Gasteiger partial charge in [-0.2, -0.15) is 0 Å². The summed E-state index contributed by atoms with van der Waals surface area (Å²) in [6.07, 6.45) is 5.36. The number of rotatable bonds is 7. The molecule has 2 aromatic rings. The summed E-state index contributed by atoms with van der Waals surface area (Å²) in [4.78, 5) is 7.96. The number of aromatic nitrogens is 2. The molecule has 94 valence electrons. The Balaban J connectivity index is 1.78. The fraction of sp³-hybridized carbons (Fsp3) is 0.583. The van der Waals surface area contributed by atoms with E-state index in [0.29, 0.717) is 0 Å². The molecule has 2 rings (SSSR count). The van der Waals surface area contributed by atoms with Crippen LogP contribution in [0.3, 0.4) is 0 Å². The summed E-state index contributed by atoms with van der Waals surface area (Å²) in [5.41, 5.74) is 1.15. The highest BCUT2D eigenvalue weighted by molar-refractivity contribution is 7.15. The number of thiazole rings is 1. The first-order valence-electron chi connectivity index (χ1n) is 6.10. The molecule has 0 aliphatic carbocycles. The summed E-state index contributed by atoms with van der Waals surface area (Å²) in [5.74, 6) is 0. The second-order valence-corrected chi connectivity index (χ2v) is 5.19.